The van der Waals surface area contributed by atoms with E-state index in [1.54, 1.807) is 7.11 Å². The number of carboxylic acid groups (broad SMARTS) is 1. The number of rotatable bonds is 7. The van der Waals surface area contributed by atoms with Crippen LogP contribution in [0.15, 0.2) is 0 Å². The fourth-order valence-electron chi connectivity index (χ4n) is 2.63. The lowest BCUT2D eigenvalue weighted by molar-refractivity contribution is -0.137. The number of methoxy groups -OCH3 is 1. The van der Waals surface area contributed by atoms with Crippen LogP contribution in [0, 0.1) is 5.41 Å². The molecule has 0 aromatic carbocycles. The number of urea groups is 1. The van der Waals surface area contributed by atoms with E-state index in [-0.39, 0.29) is 29.5 Å². The van der Waals surface area contributed by atoms with Gasteiger partial charge in [-0.05, 0) is 31.1 Å². The highest BCUT2D eigenvalue weighted by atomic mass is 16.5. The van der Waals surface area contributed by atoms with Gasteiger partial charge in [0.05, 0.1) is 12.0 Å². The van der Waals surface area contributed by atoms with Crippen molar-refractivity contribution in [2.24, 2.45) is 5.41 Å². The van der Waals surface area contributed by atoms with E-state index in [0.717, 1.165) is 19.3 Å². The smallest absolute Gasteiger partial charge is 0.315 e. The minimum atomic E-state index is -0.906. The number of amides is 2. The summed E-state index contributed by atoms with van der Waals surface area (Å²) in [5.41, 5.74) is -0.279. The third-order valence-electron chi connectivity index (χ3n) is 3.88. The lowest BCUT2D eigenvalue weighted by Crippen LogP contribution is -2.53. The monoisotopic (exact) mass is 300 g/mol. The second-order valence-electron chi connectivity index (χ2n) is 7.13. The SMILES string of the molecule is COC1(CNC(=O)NC(CC(=O)O)CC(C)(C)C)CCC1. The Bertz CT molecular complexity index is 367. The number of ether oxygens (including phenoxy) is 1. The first-order valence-corrected chi connectivity index (χ1v) is 7.47. The Morgan fingerprint density at radius 3 is 2.33 bits per heavy atom. The van der Waals surface area contributed by atoms with Crippen LogP contribution in [0.5, 0.6) is 0 Å². The number of aliphatic carboxylic acids is 1. The molecule has 0 saturated heterocycles. The molecule has 0 spiro atoms. The molecule has 1 fully saturated rings. The van der Waals surface area contributed by atoms with Crippen molar-refractivity contribution in [1.29, 1.82) is 0 Å². The zero-order chi connectivity index (χ0) is 16.1. The molecule has 1 aliphatic rings. The molecule has 1 unspecified atom stereocenters. The summed E-state index contributed by atoms with van der Waals surface area (Å²) in [7, 11) is 1.66. The summed E-state index contributed by atoms with van der Waals surface area (Å²) in [6.07, 6.45) is 3.56. The van der Waals surface area contributed by atoms with Gasteiger partial charge in [-0.25, -0.2) is 4.79 Å². The second-order valence-corrected chi connectivity index (χ2v) is 7.13. The van der Waals surface area contributed by atoms with E-state index in [4.69, 9.17) is 9.84 Å². The number of hydrogen-bond donors (Lipinski definition) is 3. The highest BCUT2D eigenvalue weighted by Crippen LogP contribution is 2.34. The van der Waals surface area contributed by atoms with Crippen LogP contribution in [0.2, 0.25) is 0 Å². The predicted octanol–water partition coefficient (Wildman–Crippen LogP) is 2.13. The number of nitrogens with one attached hydrogen (secondary N) is 2. The van der Waals surface area contributed by atoms with Gasteiger partial charge >= 0.3 is 12.0 Å². The van der Waals surface area contributed by atoms with Crippen molar-refractivity contribution < 1.29 is 19.4 Å². The van der Waals surface area contributed by atoms with Crippen LogP contribution in [0.1, 0.15) is 52.9 Å². The van der Waals surface area contributed by atoms with Gasteiger partial charge in [0.2, 0.25) is 0 Å². The fourth-order valence-corrected chi connectivity index (χ4v) is 2.63. The molecule has 122 valence electrons. The maximum Gasteiger partial charge on any atom is 0.315 e. The molecule has 6 nitrogen and oxygen atoms in total. The molecule has 0 aromatic rings. The van der Waals surface area contributed by atoms with E-state index in [1.807, 2.05) is 20.8 Å². The molecular formula is C15H28N2O4. The molecule has 0 bridgehead atoms. The zero-order valence-corrected chi connectivity index (χ0v) is 13.5. The zero-order valence-electron chi connectivity index (χ0n) is 13.5. The summed E-state index contributed by atoms with van der Waals surface area (Å²) in [6, 6.07) is -0.698. The standard InChI is InChI=1S/C15H28N2O4/c1-14(2,3)9-11(8-12(18)19)17-13(20)16-10-15(21-4)6-5-7-15/h11H,5-10H2,1-4H3,(H,18,19)(H2,16,17,20). The third kappa shape index (κ3) is 6.33. The van der Waals surface area contributed by atoms with Gasteiger partial charge in [0.25, 0.3) is 0 Å². The minimum Gasteiger partial charge on any atom is -0.481 e. The van der Waals surface area contributed by atoms with Gasteiger partial charge in [0.1, 0.15) is 0 Å². The molecular weight excluding hydrogens is 272 g/mol. The van der Waals surface area contributed by atoms with Crippen LogP contribution in [0.3, 0.4) is 0 Å². The molecule has 2 amide bonds. The van der Waals surface area contributed by atoms with Crippen LogP contribution >= 0.6 is 0 Å². The Hall–Kier alpha value is -1.30. The molecule has 6 heteroatoms. The van der Waals surface area contributed by atoms with Crippen LogP contribution < -0.4 is 10.6 Å². The van der Waals surface area contributed by atoms with Gasteiger partial charge < -0.3 is 20.5 Å². The number of carbonyl (C=O) groups is 2. The first-order valence-electron chi connectivity index (χ1n) is 7.47. The largest absolute Gasteiger partial charge is 0.481 e. The molecule has 21 heavy (non-hydrogen) atoms. The minimum absolute atomic E-state index is 0.0465. The maximum absolute atomic E-state index is 12.0. The topological polar surface area (TPSA) is 87.7 Å². The maximum atomic E-state index is 12.0. The predicted molar refractivity (Wildman–Crippen MR) is 80.2 cm³/mol. The molecule has 0 aliphatic heterocycles. The van der Waals surface area contributed by atoms with Crippen molar-refractivity contribution >= 4 is 12.0 Å². The Labute approximate surface area is 126 Å². The van der Waals surface area contributed by atoms with Crippen molar-refractivity contribution in [2.45, 2.75) is 64.5 Å². The summed E-state index contributed by atoms with van der Waals surface area (Å²) in [4.78, 5) is 22.9. The number of carboxylic acids is 1. The first-order chi connectivity index (χ1) is 9.66. The summed E-state index contributed by atoms with van der Waals surface area (Å²) >= 11 is 0. The molecule has 1 aliphatic carbocycles. The van der Waals surface area contributed by atoms with E-state index in [0.29, 0.717) is 13.0 Å². The molecule has 0 aromatic heterocycles. The van der Waals surface area contributed by atoms with Crippen molar-refractivity contribution in [3.63, 3.8) is 0 Å². The molecule has 1 rings (SSSR count). The first kappa shape index (κ1) is 17.8. The molecule has 1 atom stereocenters. The van der Waals surface area contributed by atoms with E-state index in [1.165, 1.54) is 0 Å². The molecule has 3 N–H and O–H groups in total. The normalized spacial score (nSPS) is 18.5. The van der Waals surface area contributed by atoms with Gasteiger partial charge in [-0.2, -0.15) is 0 Å². The van der Waals surface area contributed by atoms with Crippen LogP contribution in [-0.4, -0.2) is 42.4 Å². The quantitative estimate of drug-likeness (QED) is 0.672. The van der Waals surface area contributed by atoms with Crippen LogP contribution in [0.25, 0.3) is 0 Å². The van der Waals surface area contributed by atoms with Gasteiger partial charge in [-0.3, -0.25) is 4.79 Å². The fraction of sp³-hybridized carbons (Fsp3) is 0.867. The van der Waals surface area contributed by atoms with Crippen molar-refractivity contribution in [1.82, 2.24) is 10.6 Å². The number of hydrogen-bond acceptors (Lipinski definition) is 3. The van der Waals surface area contributed by atoms with Gasteiger partial charge in [0.15, 0.2) is 0 Å². The summed E-state index contributed by atoms with van der Waals surface area (Å²) in [5, 5.41) is 14.5. The van der Waals surface area contributed by atoms with Gasteiger partial charge in [0, 0.05) is 19.7 Å². The van der Waals surface area contributed by atoms with Gasteiger partial charge in [-0.15, -0.1) is 0 Å². The Balaban J connectivity index is 2.45. The van der Waals surface area contributed by atoms with Crippen LogP contribution in [0.4, 0.5) is 4.79 Å². The van der Waals surface area contributed by atoms with Crippen LogP contribution in [-0.2, 0) is 9.53 Å². The van der Waals surface area contributed by atoms with E-state index < -0.39 is 5.97 Å². The van der Waals surface area contributed by atoms with Crippen molar-refractivity contribution in [2.75, 3.05) is 13.7 Å². The van der Waals surface area contributed by atoms with E-state index >= 15 is 0 Å². The average molecular weight is 300 g/mol. The lowest BCUT2D eigenvalue weighted by Gasteiger charge is -2.40. The van der Waals surface area contributed by atoms with E-state index in [9.17, 15) is 9.59 Å². The summed E-state index contributed by atoms with van der Waals surface area (Å²) in [6.45, 7) is 6.53. The third-order valence-corrected chi connectivity index (χ3v) is 3.88. The van der Waals surface area contributed by atoms with Crippen molar-refractivity contribution in [3.05, 3.63) is 0 Å². The van der Waals surface area contributed by atoms with Crippen molar-refractivity contribution in [3.8, 4) is 0 Å². The van der Waals surface area contributed by atoms with E-state index in [2.05, 4.69) is 10.6 Å². The Kier molecular flexibility index (Phi) is 6.01. The molecule has 0 radical (unpaired) electrons. The highest BCUT2D eigenvalue weighted by Gasteiger charge is 2.37. The average Bonchev–Trinajstić information content (AvgIpc) is 2.24. The summed E-state index contributed by atoms with van der Waals surface area (Å²) < 4.78 is 5.44. The summed E-state index contributed by atoms with van der Waals surface area (Å²) in [5.74, 6) is -0.906. The molecule has 0 heterocycles. The van der Waals surface area contributed by atoms with Gasteiger partial charge in [-0.1, -0.05) is 20.8 Å². The molecule has 1 saturated carbocycles. The number of carbonyl (C=O) groups excluding carboxylic acids is 1. The Morgan fingerprint density at radius 2 is 1.95 bits per heavy atom. The Morgan fingerprint density at radius 1 is 1.33 bits per heavy atom. The second kappa shape index (κ2) is 7.11. The highest BCUT2D eigenvalue weighted by molar-refractivity contribution is 5.75. The lowest BCUT2D eigenvalue weighted by atomic mass is 9.80.